The highest BCUT2D eigenvalue weighted by Gasteiger charge is 2.21. The zero-order chi connectivity index (χ0) is 12.0. The van der Waals surface area contributed by atoms with Gasteiger partial charge in [0.2, 0.25) is 0 Å². The Labute approximate surface area is 98.1 Å². The first kappa shape index (κ1) is 13.1. The summed E-state index contributed by atoms with van der Waals surface area (Å²) in [4.78, 5) is 6.54. The predicted molar refractivity (Wildman–Crippen MR) is 66.2 cm³/mol. The smallest absolute Gasteiger partial charge is 0.0483 e. The molecule has 0 amide bonds. The van der Waals surface area contributed by atoms with Gasteiger partial charge in [-0.3, -0.25) is 9.88 Å². The fraction of sp³-hybridized carbons (Fsp3) is 0.615. The molecule has 0 spiro atoms. The molecule has 1 fully saturated rings. The molecule has 1 atom stereocenters. The molecule has 2 heterocycles. The maximum Gasteiger partial charge on any atom is 0.0483 e. The summed E-state index contributed by atoms with van der Waals surface area (Å²) in [6.45, 7) is 4.67. The Morgan fingerprint density at radius 1 is 1.50 bits per heavy atom. The number of likely N-dealkylation sites (tertiary alicyclic amines) is 1. The lowest BCUT2D eigenvalue weighted by Crippen LogP contribution is -2.17. The zero-order valence-electron chi connectivity index (χ0n) is 10.4. The van der Waals surface area contributed by atoms with Crippen LogP contribution >= 0.6 is 0 Å². The maximum atomic E-state index is 8.06. The van der Waals surface area contributed by atoms with E-state index in [0.29, 0.717) is 6.04 Å². The van der Waals surface area contributed by atoms with Crippen molar-refractivity contribution in [3.63, 3.8) is 0 Å². The van der Waals surface area contributed by atoms with E-state index in [9.17, 15) is 0 Å². The molecular weight excluding hydrogens is 200 g/mol. The molecule has 3 heteroatoms. The molecule has 1 saturated heterocycles. The Kier molecular flexibility index (Phi) is 5.43. The van der Waals surface area contributed by atoms with Crippen LogP contribution < -0.4 is 0 Å². The molecule has 0 unspecified atom stereocenters. The highest BCUT2D eigenvalue weighted by molar-refractivity contribution is 5.14. The first-order chi connectivity index (χ1) is 7.61. The Balaban J connectivity index is 0.000000280. The summed E-state index contributed by atoms with van der Waals surface area (Å²) < 4.78 is 0. The van der Waals surface area contributed by atoms with Crippen LogP contribution in [-0.2, 0) is 0 Å². The molecule has 0 aromatic carbocycles. The Morgan fingerprint density at radius 2 is 2.19 bits per heavy atom. The average Bonchev–Trinajstić information content (AvgIpc) is 2.65. The Morgan fingerprint density at radius 3 is 2.62 bits per heavy atom. The number of aromatic nitrogens is 1. The van der Waals surface area contributed by atoms with E-state index in [1.165, 1.54) is 24.9 Å². The third-order valence-electron chi connectivity index (χ3n) is 2.59. The summed E-state index contributed by atoms with van der Waals surface area (Å²) in [6.07, 6.45) is 6.24. The van der Waals surface area contributed by atoms with Crippen LogP contribution in [0.25, 0.3) is 0 Å². The van der Waals surface area contributed by atoms with Crippen LogP contribution in [0.2, 0.25) is 0 Å². The number of hydrogen-bond acceptors (Lipinski definition) is 3. The summed E-state index contributed by atoms with van der Waals surface area (Å²) >= 11 is 0. The van der Waals surface area contributed by atoms with Crippen molar-refractivity contribution in [3.05, 3.63) is 30.1 Å². The van der Waals surface area contributed by atoms with Gasteiger partial charge in [-0.05, 0) is 51.9 Å². The van der Waals surface area contributed by atoms with Crippen LogP contribution in [0.4, 0.5) is 0 Å². The van der Waals surface area contributed by atoms with Crippen LogP contribution in [0.3, 0.4) is 0 Å². The van der Waals surface area contributed by atoms with Crippen molar-refractivity contribution in [1.82, 2.24) is 9.88 Å². The van der Waals surface area contributed by atoms with E-state index < -0.39 is 0 Å². The number of aliphatic hydroxyl groups excluding tert-OH is 1. The van der Waals surface area contributed by atoms with Crippen LogP contribution in [0.5, 0.6) is 0 Å². The predicted octanol–water partition coefficient (Wildman–Crippen LogP) is 2.24. The van der Waals surface area contributed by atoms with E-state index in [-0.39, 0.29) is 6.10 Å². The van der Waals surface area contributed by atoms with Gasteiger partial charge in [-0.2, -0.15) is 0 Å². The second-order valence-corrected chi connectivity index (χ2v) is 4.52. The number of rotatable bonds is 1. The summed E-state index contributed by atoms with van der Waals surface area (Å²) in [5, 5.41) is 8.06. The SMILES string of the molecule is CC(C)O.CN1CCC[C@H]1c1cccnc1. The first-order valence-corrected chi connectivity index (χ1v) is 5.89. The zero-order valence-corrected chi connectivity index (χ0v) is 10.4. The molecule has 0 bridgehead atoms. The van der Waals surface area contributed by atoms with Gasteiger partial charge in [-0.1, -0.05) is 6.07 Å². The number of nitrogens with zero attached hydrogens (tertiary/aromatic N) is 2. The molecular formula is C13H22N2O. The van der Waals surface area contributed by atoms with Gasteiger partial charge in [0.05, 0.1) is 0 Å². The largest absolute Gasteiger partial charge is 0.394 e. The molecule has 1 aliphatic rings. The van der Waals surface area contributed by atoms with Crippen molar-refractivity contribution in [2.24, 2.45) is 0 Å². The lowest BCUT2D eigenvalue weighted by atomic mass is 10.1. The quantitative estimate of drug-likeness (QED) is 0.791. The topological polar surface area (TPSA) is 36.4 Å². The summed E-state index contributed by atoms with van der Waals surface area (Å²) in [5.74, 6) is 0. The van der Waals surface area contributed by atoms with Gasteiger partial charge < -0.3 is 5.11 Å². The van der Waals surface area contributed by atoms with Crippen molar-refractivity contribution < 1.29 is 5.11 Å². The van der Waals surface area contributed by atoms with Crippen LogP contribution in [0.15, 0.2) is 24.5 Å². The number of aliphatic hydroxyl groups is 1. The van der Waals surface area contributed by atoms with E-state index in [1.54, 1.807) is 13.8 Å². The molecule has 3 nitrogen and oxygen atoms in total. The monoisotopic (exact) mass is 222 g/mol. The second kappa shape index (κ2) is 6.61. The molecule has 1 aromatic heterocycles. The van der Waals surface area contributed by atoms with E-state index in [0.717, 1.165) is 0 Å². The molecule has 90 valence electrons. The Hall–Kier alpha value is -0.930. The van der Waals surface area contributed by atoms with Crippen LogP contribution in [-0.4, -0.2) is 34.7 Å². The van der Waals surface area contributed by atoms with Crippen molar-refractivity contribution in [2.45, 2.75) is 38.8 Å². The van der Waals surface area contributed by atoms with Crippen LogP contribution in [0, 0.1) is 0 Å². The Bertz CT molecular complexity index is 284. The number of hydrogen-bond donors (Lipinski definition) is 1. The van der Waals surface area contributed by atoms with Gasteiger partial charge in [0.15, 0.2) is 0 Å². The van der Waals surface area contributed by atoms with Gasteiger partial charge in [-0.15, -0.1) is 0 Å². The molecule has 16 heavy (non-hydrogen) atoms. The second-order valence-electron chi connectivity index (χ2n) is 4.52. The highest BCUT2D eigenvalue weighted by Crippen LogP contribution is 2.29. The summed E-state index contributed by atoms with van der Waals surface area (Å²) in [6, 6.07) is 4.79. The first-order valence-electron chi connectivity index (χ1n) is 5.89. The average molecular weight is 222 g/mol. The van der Waals surface area contributed by atoms with E-state index >= 15 is 0 Å². The van der Waals surface area contributed by atoms with Gasteiger partial charge in [0.25, 0.3) is 0 Å². The summed E-state index contributed by atoms with van der Waals surface area (Å²) in [5.41, 5.74) is 1.36. The minimum absolute atomic E-state index is 0.167. The number of pyridine rings is 1. The van der Waals surface area contributed by atoms with Gasteiger partial charge >= 0.3 is 0 Å². The fourth-order valence-corrected chi connectivity index (χ4v) is 1.90. The molecule has 0 saturated carbocycles. The summed E-state index contributed by atoms with van der Waals surface area (Å²) in [7, 11) is 2.19. The minimum atomic E-state index is -0.167. The van der Waals surface area contributed by atoms with Crippen molar-refractivity contribution in [3.8, 4) is 0 Å². The van der Waals surface area contributed by atoms with Gasteiger partial charge in [-0.25, -0.2) is 0 Å². The van der Waals surface area contributed by atoms with Crippen molar-refractivity contribution in [1.29, 1.82) is 0 Å². The third kappa shape index (κ3) is 4.29. The minimum Gasteiger partial charge on any atom is -0.394 e. The highest BCUT2D eigenvalue weighted by atomic mass is 16.3. The maximum absolute atomic E-state index is 8.06. The molecule has 2 rings (SSSR count). The van der Waals surface area contributed by atoms with Gasteiger partial charge in [0, 0.05) is 24.5 Å². The molecule has 0 aliphatic carbocycles. The van der Waals surface area contributed by atoms with E-state index in [4.69, 9.17) is 5.11 Å². The normalized spacial score (nSPS) is 20.7. The van der Waals surface area contributed by atoms with E-state index in [1.807, 2.05) is 18.5 Å². The van der Waals surface area contributed by atoms with Gasteiger partial charge in [0.1, 0.15) is 0 Å². The molecule has 1 aromatic rings. The lowest BCUT2D eigenvalue weighted by Gasteiger charge is -2.18. The fourth-order valence-electron chi connectivity index (χ4n) is 1.90. The standard InChI is InChI=1S/C10H14N2.C3H8O/c1-12-7-3-5-10(12)9-4-2-6-11-8-9;1-3(2)4/h2,4,6,8,10H,3,5,7H2,1H3;3-4H,1-2H3/t10-;/m0./s1. The van der Waals surface area contributed by atoms with Crippen LogP contribution in [0.1, 0.15) is 38.3 Å². The van der Waals surface area contributed by atoms with E-state index in [2.05, 4.69) is 23.0 Å². The lowest BCUT2D eigenvalue weighted by molar-refractivity contribution is 0.216. The molecule has 0 radical (unpaired) electrons. The van der Waals surface area contributed by atoms with Crippen molar-refractivity contribution >= 4 is 0 Å². The molecule has 1 aliphatic heterocycles. The molecule has 1 N–H and O–H groups in total. The third-order valence-corrected chi connectivity index (χ3v) is 2.59. The van der Waals surface area contributed by atoms with Crippen molar-refractivity contribution in [2.75, 3.05) is 13.6 Å².